The Balaban J connectivity index is 1.51. The molecule has 0 bridgehead atoms. The van der Waals surface area contributed by atoms with Gasteiger partial charge in [0.2, 0.25) is 0 Å². The van der Waals surface area contributed by atoms with E-state index in [2.05, 4.69) is 25.7 Å². The Morgan fingerprint density at radius 2 is 1.88 bits per heavy atom. The van der Waals surface area contributed by atoms with Crippen LogP contribution in [-0.2, 0) is 4.74 Å². The van der Waals surface area contributed by atoms with Crippen molar-refractivity contribution in [1.82, 2.24) is 24.6 Å². The minimum absolute atomic E-state index is 0.426. The first-order valence-corrected chi connectivity index (χ1v) is 10.2. The Morgan fingerprint density at radius 3 is 2.69 bits per heavy atom. The minimum Gasteiger partial charge on any atom is -0.491 e. The van der Waals surface area contributed by atoms with Crippen LogP contribution in [0.2, 0.25) is 0 Å². The summed E-state index contributed by atoms with van der Waals surface area (Å²) in [4.78, 5) is 13.5. The number of rotatable bonds is 10. The average molecular weight is 435 g/mol. The number of hydrogen-bond acceptors (Lipinski definition) is 9. The van der Waals surface area contributed by atoms with Crippen LogP contribution in [0.5, 0.6) is 11.6 Å². The van der Waals surface area contributed by atoms with Gasteiger partial charge in [0, 0.05) is 37.2 Å². The van der Waals surface area contributed by atoms with Crippen molar-refractivity contribution in [3.05, 3.63) is 48.8 Å². The molecular formula is C22H25N7O3. The monoisotopic (exact) mass is 435 g/mol. The van der Waals surface area contributed by atoms with Gasteiger partial charge in [0.15, 0.2) is 17.2 Å². The highest BCUT2D eigenvalue weighted by Gasteiger charge is 2.11. The SMILES string of the molecule is CCOCCNc1cccc(Nc2cc3nc(-c4cnc(OC)c(OC)c4)ccn3n2)n1. The quantitative estimate of drug-likeness (QED) is 0.362. The predicted molar refractivity (Wildman–Crippen MR) is 122 cm³/mol. The number of ether oxygens (including phenoxy) is 3. The highest BCUT2D eigenvalue weighted by molar-refractivity contribution is 5.65. The van der Waals surface area contributed by atoms with Crippen molar-refractivity contribution >= 4 is 23.1 Å². The number of nitrogens with one attached hydrogen (secondary N) is 2. The van der Waals surface area contributed by atoms with Gasteiger partial charge in [0.05, 0.1) is 26.5 Å². The van der Waals surface area contributed by atoms with Crippen molar-refractivity contribution in [3.8, 4) is 22.9 Å². The van der Waals surface area contributed by atoms with Gasteiger partial charge < -0.3 is 24.8 Å². The molecule has 0 aliphatic rings. The summed E-state index contributed by atoms with van der Waals surface area (Å²) in [5.74, 6) is 3.05. The van der Waals surface area contributed by atoms with Gasteiger partial charge in [-0.05, 0) is 31.2 Å². The van der Waals surface area contributed by atoms with Gasteiger partial charge in [-0.2, -0.15) is 0 Å². The molecule has 0 aliphatic carbocycles. The van der Waals surface area contributed by atoms with Gasteiger partial charge >= 0.3 is 0 Å². The van der Waals surface area contributed by atoms with E-state index in [1.165, 1.54) is 0 Å². The molecule has 166 valence electrons. The second-order valence-corrected chi connectivity index (χ2v) is 6.74. The van der Waals surface area contributed by atoms with Crippen LogP contribution in [0.1, 0.15) is 6.92 Å². The number of pyridine rings is 2. The lowest BCUT2D eigenvalue weighted by molar-refractivity contribution is 0.158. The molecule has 0 fully saturated rings. The normalized spacial score (nSPS) is 10.8. The maximum atomic E-state index is 5.34. The molecule has 0 aliphatic heterocycles. The van der Waals surface area contributed by atoms with E-state index in [0.29, 0.717) is 48.7 Å². The maximum absolute atomic E-state index is 5.34. The maximum Gasteiger partial charge on any atom is 0.256 e. The van der Waals surface area contributed by atoms with Crippen molar-refractivity contribution in [2.45, 2.75) is 6.92 Å². The molecule has 0 saturated heterocycles. The molecule has 0 unspecified atom stereocenters. The van der Waals surface area contributed by atoms with Crippen LogP contribution < -0.4 is 20.1 Å². The average Bonchev–Trinajstić information content (AvgIpc) is 3.23. The van der Waals surface area contributed by atoms with E-state index in [-0.39, 0.29) is 0 Å². The minimum atomic E-state index is 0.426. The van der Waals surface area contributed by atoms with Crippen molar-refractivity contribution in [1.29, 1.82) is 0 Å². The fourth-order valence-corrected chi connectivity index (χ4v) is 3.10. The largest absolute Gasteiger partial charge is 0.491 e. The number of nitrogens with zero attached hydrogens (tertiary/aromatic N) is 5. The highest BCUT2D eigenvalue weighted by Crippen LogP contribution is 2.29. The van der Waals surface area contributed by atoms with Gasteiger partial charge in [-0.3, -0.25) is 0 Å². The Labute approximate surface area is 185 Å². The molecule has 0 atom stereocenters. The number of methoxy groups -OCH3 is 2. The van der Waals surface area contributed by atoms with E-state index in [4.69, 9.17) is 19.2 Å². The van der Waals surface area contributed by atoms with Crippen LogP contribution in [0.4, 0.5) is 17.5 Å². The summed E-state index contributed by atoms with van der Waals surface area (Å²) in [5.41, 5.74) is 2.25. The molecule has 0 radical (unpaired) electrons. The number of aromatic nitrogens is 5. The van der Waals surface area contributed by atoms with E-state index in [1.807, 2.05) is 49.5 Å². The lowest BCUT2D eigenvalue weighted by atomic mass is 10.2. The smallest absolute Gasteiger partial charge is 0.256 e. The number of fused-ring (bicyclic) bond motifs is 1. The topological polar surface area (TPSA) is 108 Å². The Bertz CT molecular complexity index is 1200. The van der Waals surface area contributed by atoms with Crippen LogP contribution in [0.25, 0.3) is 16.9 Å². The van der Waals surface area contributed by atoms with Gasteiger partial charge in [-0.15, -0.1) is 5.10 Å². The molecular weight excluding hydrogens is 410 g/mol. The third-order valence-corrected chi connectivity index (χ3v) is 4.61. The molecule has 4 rings (SSSR count). The fraction of sp³-hybridized carbons (Fsp3) is 0.273. The van der Waals surface area contributed by atoms with Crippen LogP contribution >= 0.6 is 0 Å². The molecule has 10 nitrogen and oxygen atoms in total. The third kappa shape index (κ3) is 4.86. The van der Waals surface area contributed by atoms with Gasteiger partial charge in [0.1, 0.15) is 11.6 Å². The second-order valence-electron chi connectivity index (χ2n) is 6.74. The molecule has 4 aromatic heterocycles. The Morgan fingerprint density at radius 1 is 1.00 bits per heavy atom. The Hall–Kier alpha value is -3.92. The van der Waals surface area contributed by atoms with Crippen LogP contribution in [-0.4, -0.2) is 58.5 Å². The third-order valence-electron chi connectivity index (χ3n) is 4.61. The molecule has 0 aromatic carbocycles. The van der Waals surface area contributed by atoms with E-state index in [0.717, 1.165) is 17.1 Å². The first-order chi connectivity index (χ1) is 15.7. The summed E-state index contributed by atoms with van der Waals surface area (Å²) in [5, 5.41) is 11.0. The van der Waals surface area contributed by atoms with Crippen molar-refractivity contribution < 1.29 is 14.2 Å². The van der Waals surface area contributed by atoms with Crippen LogP contribution in [0.3, 0.4) is 0 Å². The lowest BCUT2D eigenvalue weighted by Crippen LogP contribution is -2.10. The first kappa shape index (κ1) is 21.3. The summed E-state index contributed by atoms with van der Waals surface area (Å²) in [6, 6.07) is 11.3. The summed E-state index contributed by atoms with van der Waals surface area (Å²) in [6.45, 7) is 3.99. The van der Waals surface area contributed by atoms with E-state index in [1.54, 1.807) is 24.9 Å². The number of hydrogen-bond donors (Lipinski definition) is 2. The molecule has 32 heavy (non-hydrogen) atoms. The van der Waals surface area contributed by atoms with E-state index >= 15 is 0 Å². The molecule has 4 heterocycles. The zero-order chi connectivity index (χ0) is 22.3. The Kier molecular flexibility index (Phi) is 6.61. The van der Waals surface area contributed by atoms with Crippen LogP contribution in [0, 0.1) is 0 Å². The van der Waals surface area contributed by atoms with Crippen LogP contribution in [0.15, 0.2) is 48.8 Å². The zero-order valence-corrected chi connectivity index (χ0v) is 18.2. The molecule has 0 amide bonds. The van der Waals surface area contributed by atoms with E-state index in [9.17, 15) is 0 Å². The molecule has 10 heteroatoms. The predicted octanol–water partition coefficient (Wildman–Crippen LogP) is 3.40. The highest BCUT2D eigenvalue weighted by atomic mass is 16.5. The summed E-state index contributed by atoms with van der Waals surface area (Å²) in [7, 11) is 3.13. The molecule has 0 saturated carbocycles. The molecule has 0 spiro atoms. The second kappa shape index (κ2) is 9.92. The van der Waals surface area contributed by atoms with Crippen molar-refractivity contribution in [2.75, 3.05) is 44.6 Å². The molecule has 2 N–H and O–H groups in total. The van der Waals surface area contributed by atoms with Gasteiger partial charge in [-0.1, -0.05) is 6.07 Å². The molecule has 4 aromatic rings. The van der Waals surface area contributed by atoms with Gasteiger partial charge in [-0.25, -0.2) is 19.5 Å². The summed E-state index contributed by atoms with van der Waals surface area (Å²) >= 11 is 0. The van der Waals surface area contributed by atoms with Gasteiger partial charge in [0.25, 0.3) is 5.88 Å². The van der Waals surface area contributed by atoms with Crippen molar-refractivity contribution in [3.63, 3.8) is 0 Å². The van der Waals surface area contributed by atoms with Crippen molar-refractivity contribution in [2.24, 2.45) is 0 Å². The fourth-order valence-electron chi connectivity index (χ4n) is 3.10. The lowest BCUT2D eigenvalue weighted by Gasteiger charge is -2.08. The summed E-state index contributed by atoms with van der Waals surface area (Å²) < 4.78 is 17.6. The summed E-state index contributed by atoms with van der Waals surface area (Å²) in [6.07, 6.45) is 3.54. The zero-order valence-electron chi connectivity index (χ0n) is 18.2. The van der Waals surface area contributed by atoms with E-state index < -0.39 is 0 Å². The number of anilines is 3. The standard InChI is InChI=1S/C22H25N7O3/c1-4-32-11-9-23-18-6-5-7-19(26-18)27-20-13-21-25-16(8-10-29(21)28-20)15-12-17(30-2)22(31-3)24-14-15/h5-8,10,12-14H,4,9,11H2,1-3H3,(H2,23,26,27,28). The first-order valence-electron chi connectivity index (χ1n) is 10.2.